The smallest absolute Gasteiger partial charge is 0.227 e. The van der Waals surface area contributed by atoms with Crippen LogP contribution in [0.1, 0.15) is 0 Å². The molecule has 6 heteroatoms. The molecule has 0 aliphatic heterocycles. The minimum atomic E-state index is 0.612. The second kappa shape index (κ2) is 11.4. The average Bonchev–Trinajstić information content (AvgIpc) is 3.82. The van der Waals surface area contributed by atoms with Crippen LogP contribution in [0.5, 0.6) is 0 Å². The van der Waals surface area contributed by atoms with Crippen molar-refractivity contribution in [1.82, 2.24) is 19.9 Å². The number of rotatable bonds is 4. The van der Waals surface area contributed by atoms with Gasteiger partial charge in [0.15, 0.2) is 23.1 Å². The van der Waals surface area contributed by atoms with Crippen molar-refractivity contribution < 1.29 is 4.42 Å². The average molecular weight is 683 g/mol. The maximum atomic E-state index is 6.58. The molecule has 0 aliphatic carbocycles. The van der Waals surface area contributed by atoms with Gasteiger partial charge in [0.05, 0.1) is 0 Å². The lowest BCUT2D eigenvalue weighted by molar-refractivity contribution is 0.623. The lowest BCUT2D eigenvalue weighted by atomic mass is 9.93. The topological polar surface area (TPSA) is 64.7 Å². The van der Waals surface area contributed by atoms with Crippen molar-refractivity contribution in [2.75, 3.05) is 0 Å². The predicted octanol–water partition coefficient (Wildman–Crippen LogP) is 12.5. The Morgan fingerprint density at radius 1 is 0.404 bits per heavy atom. The van der Waals surface area contributed by atoms with Crippen LogP contribution in [-0.4, -0.2) is 19.9 Å². The molecule has 11 rings (SSSR count). The Kier molecular flexibility index (Phi) is 6.35. The molecule has 0 atom stereocenters. The fourth-order valence-corrected chi connectivity index (χ4v) is 8.63. The summed E-state index contributed by atoms with van der Waals surface area (Å²) in [5, 5.41) is 9.05. The summed E-state index contributed by atoms with van der Waals surface area (Å²) < 4.78 is 9.05. The van der Waals surface area contributed by atoms with Gasteiger partial charge in [-0.3, -0.25) is 0 Å². The first-order valence-corrected chi connectivity index (χ1v) is 18.0. The molecule has 0 N–H and O–H groups in total. The third-order valence-corrected chi connectivity index (χ3v) is 11.1. The van der Waals surface area contributed by atoms with Gasteiger partial charge in [0, 0.05) is 53.2 Å². The number of oxazole rings is 1. The zero-order valence-corrected chi connectivity index (χ0v) is 28.4. The third-order valence-electron chi connectivity index (χ3n) is 9.94. The molecule has 0 amide bonds. The van der Waals surface area contributed by atoms with Gasteiger partial charge in [0.25, 0.3) is 0 Å². The van der Waals surface area contributed by atoms with Gasteiger partial charge in [-0.15, -0.1) is 11.3 Å². The number of nitrogens with zero attached hydrogens (tertiary/aromatic N) is 4. The molecule has 3 aromatic heterocycles. The van der Waals surface area contributed by atoms with Gasteiger partial charge >= 0.3 is 0 Å². The van der Waals surface area contributed by atoms with Crippen LogP contribution in [0.25, 0.3) is 109 Å². The van der Waals surface area contributed by atoms with E-state index in [1.807, 2.05) is 66.7 Å². The molecule has 0 radical (unpaired) electrons. The fraction of sp³-hybridized carbons (Fsp3) is 0. The maximum Gasteiger partial charge on any atom is 0.227 e. The van der Waals surface area contributed by atoms with Crippen molar-refractivity contribution in [3.8, 4) is 45.6 Å². The summed E-state index contributed by atoms with van der Waals surface area (Å²) in [5.41, 5.74) is 5.40. The minimum Gasteiger partial charge on any atom is -0.435 e. The number of hydrogen-bond donors (Lipinski definition) is 0. The Bertz CT molecular complexity index is 3190. The standard InChI is InChI=1S/C46H26N4OS/c1-3-10-29(11-4-1)43-48-44(31-21-24-34-33-14-7-8-17-38(33)52-39(34)26-31)50-45(49-43)36-16-9-15-35-32(36)23-20-27-18-19-28-22-25-37-42(41(28)40(27)35)51-46(47-37)30-12-5-2-6-13-30/h1-26H. The summed E-state index contributed by atoms with van der Waals surface area (Å²) in [4.78, 5) is 20.3. The molecule has 0 fully saturated rings. The first-order chi connectivity index (χ1) is 25.7. The Hall–Kier alpha value is -6.76. The first kappa shape index (κ1) is 29.0. The van der Waals surface area contributed by atoms with Gasteiger partial charge < -0.3 is 4.42 Å². The SMILES string of the molecule is c1ccc(-c2nc(-c3ccc4c(c3)sc3ccccc34)nc(-c3cccc4c3ccc3ccc5ccc6nc(-c7ccccc7)oc6c5c34)n2)cc1. The van der Waals surface area contributed by atoms with Crippen LogP contribution in [0.2, 0.25) is 0 Å². The highest BCUT2D eigenvalue weighted by Crippen LogP contribution is 2.41. The molecule has 52 heavy (non-hydrogen) atoms. The zero-order valence-electron chi connectivity index (χ0n) is 27.6. The number of thiophene rings is 1. The maximum absolute atomic E-state index is 6.58. The second-order valence-electron chi connectivity index (χ2n) is 13.0. The number of benzene rings is 8. The third kappa shape index (κ3) is 4.55. The van der Waals surface area contributed by atoms with E-state index in [2.05, 4.69) is 91.0 Å². The molecule has 0 unspecified atom stereocenters. The van der Waals surface area contributed by atoms with Crippen molar-refractivity contribution >= 4 is 74.9 Å². The van der Waals surface area contributed by atoms with Crippen LogP contribution >= 0.6 is 11.3 Å². The molecule has 5 nitrogen and oxygen atoms in total. The van der Waals surface area contributed by atoms with Gasteiger partial charge in [-0.05, 0) is 51.9 Å². The molecule has 0 bridgehead atoms. The van der Waals surface area contributed by atoms with Crippen LogP contribution < -0.4 is 0 Å². The summed E-state index contributed by atoms with van der Waals surface area (Å²) in [6.07, 6.45) is 0. The molecule has 0 spiro atoms. The highest BCUT2D eigenvalue weighted by atomic mass is 32.1. The van der Waals surface area contributed by atoms with Crippen LogP contribution in [0.3, 0.4) is 0 Å². The summed E-state index contributed by atoms with van der Waals surface area (Å²) in [6.45, 7) is 0. The summed E-state index contributed by atoms with van der Waals surface area (Å²) in [5.74, 6) is 2.52. The van der Waals surface area contributed by atoms with E-state index in [1.54, 1.807) is 11.3 Å². The van der Waals surface area contributed by atoms with Crippen LogP contribution in [0, 0.1) is 0 Å². The zero-order chi connectivity index (χ0) is 34.2. The van der Waals surface area contributed by atoms with Gasteiger partial charge in [-0.2, -0.15) is 0 Å². The molecule has 0 saturated carbocycles. The number of aromatic nitrogens is 4. The number of fused-ring (bicyclic) bond motifs is 10. The van der Waals surface area contributed by atoms with Gasteiger partial charge in [-0.25, -0.2) is 19.9 Å². The second-order valence-corrected chi connectivity index (χ2v) is 14.1. The van der Waals surface area contributed by atoms with E-state index >= 15 is 0 Å². The van der Waals surface area contributed by atoms with Crippen LogP contribution in [0.4, 0.5) is 0 Å². The summed E-state index contributed by atoms with van der Waals surface area (Å²) in [7, 11) is 0. The Balaban J connectivity index is 1.15. The monoisotopic (exact) mass is 682 g/mol. The van der Waals surface area contributed by atoms with E-state index in [0.717, 1.165) is 65.7 Å². The van der Waals surface area contributed by atoms with Crippen molar-refractivity contribution in [1.29, 1.82) is 0 Å². The molecule has 242 valence electrons. The lowest BCUT2D eigenvalue weighted by Crippen LogP contribution is -2.00. The lowest BCUT2D eigenvalue weighted by Gasteiger charge is -2.13. The van der Waals surface area contributed by atoms with E-state index in [-0.39, 0.29) is 0 Å². The molecule has 11 aromatic rings. The van der Waals surface area contributed by atoms with Crippen LogP contribution in [0.15, 0.2) is 162 Å². The largest absolute Gasteiger partial charge is 0.435 e. The fourth-order valence-electron chi connectivity index (χ4n) is 7.48. The van der Waals surface area contributed by atoms with E-state index in [4.69, 9.17) is 24.4 Å². The van der Waals surface area contributed by atoms with Crippen LogP contribution in [-0.2, 0) is 0 Å². The quantitative estimate of drug-likeness (QED) is 0.173. The van der Waals surface area contributed by atoms with E-state index in [1.165, 1.54) is 20.2 Å². The predicted molar refractivity (Wildman–Crippen MR) is 215 cm³/mol. The number of hydrogen-bond acceptors (Lipinski definition) is 6. The van der Waals surface area contributed by atoms with Gasteiger partial charge in [0.2, 0.25) is 5.89 Å². The Morgan fingerprint density at radius 2 is 1.04 bits per heavy atom. The molecule has 8 aromatic carbocycles. The van der Waals surface area contributed by atoms with Crippen molar-refractivity contribution in [3.63, 3.8) is 0 Å². The Morgan fingerprint density at radius 3 is 1.88 bits per heavy atom. The highest BCUT2D eigenvalue weighted by Gasteiger charge is 2.19. The normalized spacial score (nSPS) is 11.8. The highest BCUT2D eigenvalue weighted by molar-refractivity contribution is 7.25. The summed E-state index contributed by atoms with van der Waals surface area (Å²) in [6, 6.07) is 54.6. The van der Waals surface area contributed by atoms with E-state index < -0.39 is 0 Å². The first-order valence-electron chi connectivity index (χ1n) is 17.2. The molecule has 0 saturated heterocycles. The van der Waals surface area contributed by atoms with Crippen molar-refractivity contribution in [2.24, 2.45) is 0 Å². The minimum absolute atomic E-state index is 0.612. The van der Waals surface area contributed by atoms with E-state index in [0.29, 0.717) is 23.4 Å². The Labute approximate surface area is 301 Å². The molecule has 3 heterocycles. The molecular weight excluding hydrogens is 657 g/mol. The molecule has 0 aliphatic rings. The summed E-state index contributed by atoms with van der Waals surface area (Å²) >= 11 is 1.79. The van der Waals surface area contributed by atoms with Crippen molar-refractivity contribution in [3.05, 3.63) is 158 Å². The van der Waals surface area contributed by atoms with Gasteiger partial charge in [-0.1, -0.05) is 127 Å². The van der Waals surface area contributed by atoms with E-state index in [9.17, 15) is 0 Å². The van der Waals surface area contributed by atoms with Crippen molar-refractivity contribution in [2.45, 2.75) is 0 Å². The molecular formula is C46H26N4OS. The van der Waals surface area contributed by atoms with Gasteiger partial charge in [0.1, 0.15) is 5.52 Å².